The van der Waals surface area contributed by atoms with Crippen LogP contribution in [0.2, 0.25) is 0 Å². The molecule has 0 bridgehead atoms. The van der Waals surface area contributed by atoms with Gasteiger partial charge in [0.2, 0.25) is 5.89 Å². The molecule has 0 aliphatic heterocycles. The molecule has 0 saturated heterocycles. The van der Waals surface area contributed by atoms with Crippen LogP contribution in [0.15, 0.2) is 75.6 Å². The van der Waals surface area contributed by atoms with E-state index in [0.29, 0.717) is 12.3 Å². The SMILES string of the molecule is C/C=C/C(O)c1ccc2oc(Cc3nc(-c4ccccc4)oc3C)cc2c1. The minimum Gasteiger partial charge on any atom is -0.461 e. The summed E-state index contributed by atoms with van der Waals surface area (Å²) in [6.45, 7) is 3.81. The van der Waals surface area contributed by atoms with Crippen LogP contribution < -0.4 is 0 Å². The van der Waals surface area contributed by atoms with E-state index in [0.717, 1.165) is 39.3 Å². The van der Waals surface area contributed by atoms with Crippen molar-refractivity contribution in [2.45, 2.75) is 26.4 Å². The minimum absolute atomic E-state index is 0.559. The molecule has 2 aromatic carbocycles. The van der Waals surface area contributed by atoms with Crippen molar-refractivity contribution < 1.29 is 13.9 Å². The van der Waals surface area contributed by atoms with Crippen molar-refractivity contribution in [2.75, 3.05) is 0 Å². The van der Waals surface area contributed by atoms with Gasteiger partial charge >= 0.3 is 0 Å². The molecule has 0 aliphatic rings. The van der Waals surface area contributed by atoms with Crippen molar-refractivity contribution >= 4 is 11.0 Å². The number of fused-ring (bicyclic) bond motifs is 1. The maximum Gasteiger partial charge on any atom is 0.226 e. The van der Waals surface area contributed by atoms with Gasteiger partial charge in [0.05, 0.1) is 18.2 Å². The lowest BCUT2D eigenvalue weighted by Crippen LogP contribution is -1.91. The second-order valence-corrected chi connectivity index (χ2v) is 6.55. The molecule has 0 amide bonds. The van der Waals surface area contributed by atoms with Crippen molar-refractivity contribution in [1.82, 2.24) is 4.98 Å². The molecule has 0 saturated carbocycles. The summed E-state index contributed by atoms with van der Waals surface area (Å²) in [6.07, 6.45) is 3.55. The normalized spacial score (nSPS) is 12.9. The Kier molecular flexibility index (Phi) is 4.65. The number of oxazole rings is 1. The lowest BCUT2D eigenvalue weighted by molar-refractivity contribution is 0.228. The van der Waals surface area contributed by atoms with Crippen LogP contribution in [0.5, 0.6) is 0 Å². The zero-order valence-corrected chi connectivity index (χ0v) is 15.3. The summed E-state index contributed by atoms with van der Waals surface area (Å²) in [5, 5.41) is 11.1. The lowest BCUT2D eigenvalue weighted by Gasteiger charge is -2.04. The number of benzene rings is 2. The first-order valence-electron chi connectivity index (χ1n) is 8.99. The van der Waals surface area contributed by atoms with Gasteiger partial charge in [-0.25, -0.2) is 4.98 Å². The van der Waals surface area contributed by atoms with Gasteiger partial charge in [-0.3, -0.25) is 0 Å². The summed E-state index contributed by atoms with van der Waals surface area (Å²) in [6, 6.07) is 17.6. The molecular weight excluding hydrogens is 338 g/mol. The summed E-state index contributed by atoms with van der Waals surface area (Å²) in [5.41, 5.74) is 3.46. The molecule has 136 valence electrons. The summed E-state index contributed by atoms with van der Waals surface area (Å²) < 4.78 is 11.8. The van der Waals surface area contributed by atoms with Crippen molar-refractivity contribution in [3.63, 3.8) is 0 Å². The third-order valence-electron chi connectivity index (χ3n) is 4.56. The molecule has 27 heavy (non-hydrogen) atoms. The Balaban J connectivity index is 1.61. The number of hydrogen-bond acceptors (Lipinski definition) is 4. The topological polar surface area (TPSA) is 59.4 Å². The molecule has 4 heteroatoms. The van der Waals surface area contributed by atoms with Crippen molar-refractivity contribution in [3.8, 4) is 11.5 Å². The fourth-order valence-corrected chi connectivity index (χ4v) is 3.14. The van der Waals surface area contributed by atoms with Crippen LogP contribution in [0, 0.1) is 6.92 Å². The van der Waals surface area contributed by atoms with E-state index in [2.05, 4.69) is 4.98 Å². The minimum atomic E-state index is -0.607. The first-order valence-corrected chi connectivity index (χ1v) is 8.99. The molecule has 1 atom stereocenters. The molecule has 1 N–H and O–H groups in total. The maximum atomic E-state index is 10.1. The van der Waals surface area contributed by atoms with Crippen LogP contribution in [0.3, 0.4) is 0 Å². The summed E-state index contributed by atoms with van der Waals surface area (Å²) in [4.78, 5) is 4.64. The number of nitrogens with zero attached hydrogens (tertiary/aromatic N) is 1. The van der Waals surface area contributed by atoms with Gasteiger partial charge in [-0.2, -0.15) is 0 Å². The molecule has 2 heterocycles. The van der Waals surface area contributed by atoms with E-state index in [9.17, 15) is 5.11 Å². The summed E-state index contributed by atoms with van der Waals surface area (Å²) >= 11 is 0. The Morgan fingerprint density at radius 1 is 1.07 bits per heavy atom. The highest BCUT2D eigenvalue weighted by molar-refractivity contribution is 5.79. The second kappa shape index (κ2) is 7.25. The van der Waals surface area contributed by atoms with Crippen molar-refractivity contribution in [1.29, 1.82) is 0 Å². The predicted molar refractivity (Wildman–Crippen MR) is 105 cm³/mol. The molecule has 0 radical (unpaired) electrons. The van der Waals surface area contributed by atoms with Gasteiger partial charge < -0.3 is 13.9 Å². The molecule has 4 aromatic rings. The number of aliphatic hydroxyl groups is 1. The van der Waals surface area contributed by atoms with Crippen LogP contribution in [-0.2, 0) is 6.42 Å². The predicted octanol–water partition coefficient (Wildman–Crippen LogP) is 5.60. The number of hydrogen-bond donors (Lipinski definition) is 1. The zero-order chi connectivity index (χ0) is 18.8. The Hall–Kier alpha value is -3.11. The van der Waals surface area contributed by atoms with E-state index >= 15 is 0 Å². The van der Waals surface area contributed by atoms with Gasteiger partial charge in [0, 0.05) is 10.9 Å². The number of furan rings is 1. The van der Waals surface area contributed by atoms with Gasteiger partial charge in [-0.1, -0.05) is 36.4 Å². The molecule has 4 nitrogen and oxygen atoms in total. The average molecular weight is 359 g/mol. The molecular formula is C23H21NO3. The maximum absolute atomic E-state index is 10.1. The summed E-state index contributed by atoms with van der Waals surface area (Å²) in [7, 11) is 0. The van der Waals surface area contributed by atoms with Crippen LogP contribution in [-0.4, -0.2) is 10.1 Å². The third-order valence-corrected chi connectivity index (χ3v) is 4.56. The number of aliphatic hydroxyl groups excluding tert-OH is 1. The summed E-state index contributed by atoms with van der Waals surface area (Å²) in [5.74, 6) is 2.23. The van der Waals surface area contributed by atoms with Crippen LogP contribution in [0.25, 0.3) is 22.4 Å². The van der Waals surface area contributed by atoms with E-state index in [4.69, 9.17) is 8.83 Å². The Morgan fingerprint density at radius 2 is 1.89 bits per heavy atom. The lowest BCUT2D eigenvalue weighted by atomic mass is 10.1. The molecule has 0 fully saturated rings. The van der Waals surface area contributed by atoms with E-state index in [-0.39, 0.29) is 0 Å². The van der Waals surface area contributed by atoms with Crippen LogP contribution in [0.4, 0.5) is 0 Å². The van der Waals surface area contributed by atoms with E-state index < -0.39 is 6.10 Å². The second-order valence-electron chi connectivity index (χ2n) is 6.55. The van der Waals surface area contributed by atoms with Gasteiger partial charge in [0.25, 0.3) is 0 Å². The standard InChI is InChI=1S/C23H21NO3/c1-3-7-21(25)17-10-11-22-18(12-17)13-19(27-22)14-20-15(2)26-23(24-20)16-8-5-4-6-9-16/h3-13,21,25H,14H2,1-2H3/b7-3+. The highest BCUT2D eigenvalue weighted by Crippen LogP contribution is 2.27. The number of rotatable bonds is 5. The molecule has 0 aliphatic carbocycles. The molecule has 4 rings (SSSR count). The van der Waals surface area contributed by atoms with E-state index in [1.807, 2.05) is 74.5 Å². The van der Waals surface area contributed by atoms with E-state index in [1.165, 1.54) is 0 Å². The largest absolute Gasteiger partial charge is 0.461 e. The van der Waals surface area contributed by atoms with Crippen LogP contribution >= 0.6 is 0 Å². The highest BCUT2D eigenvalue weighted by atomic mass is 16.4. The van der Waals surface area contributed by atoms with Gasteiger partial charge in [-0.15, -0.1) is 0 Å². The fourth-order valence-electron chi connectivity index (χ4n) is 3.14. The highest BCUT2D eigenvalue weighted by Gasteiger charge is 2.15. The van der Waals surface area contributed by atoms with Crippen molar-refractivity contribution in [3.05, 3.63) is 89.5 Å². The van der Waals surface area contributed by atoms with Gasteiger partial charge in [-0.05, 0) is 49.7 Å². The van der Waals surface area contributed by atoms with Crippen LogP contribution in [0.1, 0.15) is 35.8 Å². The quantitative estimate of drug-likeness (QED) is 0.471. The Morgan fingerprint density at radius 3 is 2.67 bits per heavy atom. The van der Waals surface area contributed by atoms with Gasteiger partial charge in [0.1, 0.15) is 17.1 Å². The smallest absolute Gasteiger partial charge is 0.226 e. The number of allylic oxidation sites excluding steroid dienone is 1. The third kappa shape index (κ3) is 3.57. The molecule has 2 aromatic heterocycles. The first kappa shape index (κ1) is 17.3. The average Bonchev–Trinajstić information content (AvgIpc) is 3.25. The Bertz CT molecular complexity index is 1090. The molecule has 0 spiro atoms. The Labute approximate surface area is 157 Å². The van der Waals surface area contributed by atoms with E-state index in [1.54, 1.807) is 6.08 Å². The number of aromatic nitrogens is 1. The number of aryl methyl sites for hydroxylation is 1. The first-order chi connectivity index (χ1) is 13.1. The van der Waals surface area contributed by atoms with Crippen molar-refractivity contribution in [2.24, 2.45) is 0 Å². The molecule has 1 unspecified atom stereocenters. The zero-order valence-electron chi connectivity index (χ0n) is 15.3. The monoisotopic (exact) mass is 359 g/mol. The van der Waals surface area contributed by atoms with Gasteiger partial charge in [0.15, 0.2) is 0 Å². The fraction of sp³-hybridized carbons (Fsp3) is 0.174.